The van der Waals surface area contributed by atoms with Crippen LogP contribution in [0, 0.1) is 11.8 Å². The van der Waals surface area contributed by atoms with Crippen LogP contribution >= 0.6 is 11.3 Å². The molecule has 0 unspecified atom stereocenters. The molecule has 0 aliphatic heterocycles. The van der Waals surface area contributed by atoms with Crippen molar-refractivity contribution in [2.24, 2.45) is 11.8 Å². The van der Waals surface area contributed by atoms with Gasteiger partial charge in [-0.25, -0.2) is 0 Å². The van der Waals surface area contributed by atoms with Crippen LogP contribution in [0.1, 0.15) is 51.5 Å². The summed E-state index contributed by atoms with van der Waals surface area (Å²) in [6, 6.07) is 0.617. The summed E-state index contributed by atoms with van der Waals surface area (Å²) < 4.78 is 0. The van der Waals surface area contributed by atoms with E-state index in [1.807, 2.05) is 0 Å². The monoisotopic (exact) mass is 253 g/mol. The third-order valence-electron chi connectivity index (χ3n) is 3.39. The Morgan fingerprint density at radius 3 is 2.59 bits per heavy atom. The predicted molar refractivity (Wildman–Crippen MR) is 73.5 cm³/mol. The number of nitrogens with zero attached hydrogens (tertiary/aromatic N) is 2. The SMILES string of the molecule is CC(C)Cc1nnc(NC2CCC(C)CC2)s1. The Kier molecular flexibility index (Phi) is 4.37. The molecule has 0 saturated heterocycles. The smallest absolute Gasteiger partial charge is 0.205 e. The molecule has 0 bridgehead atoms. The largest absolute Gasteiger partial charge is 0.357 e. The lowest BCUT2D eigenvalue weighted by Gasteiger charge is -2.26. The van der Waals surface area contributed by atoms with Crippen molar-refractivity contribution in [1.82, 2.24) is 10.2 Å². The van der Waals surface area contributed by atoms with Crippen LogP contribution in [0.5, 0.6) is 0 Å². The van der Waals surface area contributed by atoms with Crippen molar-refractivity contribution < 1.29 is 0 Å². The van der Waals surface area contributed by atoms with Crippen molar-refractivity contribution >= 4 is 16.5 Å². The molecule has 3 nitrogen and oxygen atoms in total. The van der Waals surface area contributed by atoms with Crippen molar-refractivity contribution in [3.05, 3.63) is 5.01 Å². The molecular weight excluding hydrogens is 230 g/mol. The summed E-state index contributed by atoms with van der Waals surface area (Å²) in [6.07, 6.45) is 6.28. The van der Waals surface area contributed by atoms with Gasteiger partial charge in [-0.15, -0.1) is 10.2 Å². The highest BCUT2D eigenvalue weighted by molar-refractivity contribution is 7.15. The lowest BCUT2D eigenvalue weighted by molar-refractivity contribution is 0.361. The standard InChI is InChI=1S/C13H23N3S/c1-9(2)8-12-15-16-13(17-12)14-11-6-4-10(3)5-7-11/h9-11H,4-8H2,1-3H3,(H,14,16). The fraction of sp³-hybridized carbons (Fsp3) is 0.846. The third-order valence-corrected chi connectivity index (χ3v) is 4.27. The second kappa shape index (κ2) is 5.80. The molecule has 0 amide bonds. The normalized spacial score (nSPS) is 25.2. The summed E-state index contributed by atoms with van der Waals surface area (Å²) >= 11 is 1.72. The van der Waals surface area contributed by atoms with Crippen LogP contribution in [-0.4, -0.2) is 16.2 Å². The van der Waals surface area contributed by atoms with E-state index >= 15 is 0 Å². The van der Waals surface area contributed by atoms with E-state index in [0.29, 0.717) is 12.0 Å². The van der Waals surface area contributed by atoms with E-state index < -0.39 is 0 Å². The van der Waals surface area contributed by atoms with Crippen LogP contribution in [0.4, 0.5) is 5.13 Å². The summed E-state index contributed by atoms with van der Waals surface area (Å²) in [5.41, 5.74) is 0. The molecule has 0 atom stereocenters. The number of hydrogen-bond donors (Lipinski definition) is 1. The first-order chi connectivity index (χ1) is 8.13. The molecule has 1 aromatic heterocycles. The van der Waals surface area contributed by atoms with Gasteiger partial charge in [0.1, 0.15) is 5.01 Å². The summed E-state index contributed by atoms with van der Waals surface area (Å²) in [5.74, 6) is 1.56. The maximum atomic E-state index is 4.24. The zero-order chi connectivity index (χ0) is 12.3. The van der Waals surface area contributed by atoms with Gasteiger partial charge in [0.2, 0.25) is 5.13 Å². The summed E-state index contributed by atoms with van der Waals surface area (Å²) in [4.78, 5) is 0. The first kappa shape index (κ1) is 12.8. The Labute approximate surface area is 108 Å². The molecular formula is C13H23N3S. The molecule has 17 heavy (non-hydrogen) atoms. The quantitative estimate of drug-likeness (QED) is 0.888. The van der Waals surface area contributed by atoms with E-state index in [1.54, 1.807) is 11.3 Å². The minimum atomic E-state index is 0.617. The van der Waals surface area contributed by atoms with E-state index in [-0.39, 0.29) is 0 Å². The molecule has 1 saturated carbocycles. The van der Waals surface area contributed by atoms with Gasteiger partial charge in [-0.05, 0) is 37.5 Å². The third kappa shape index (κ3) is 3.95. The van der Waals surface area contributed by atoms with Gasteiger partial charge in [-0.3, -0.25) is 0 Å². The van der Waals surface area contributed by atoms with Gasteiger partial charge in [-0.1, -0.05) is 32.1 Å². The van der Waals surface area contributed by atoms with E-state index in [9.17, 15) is 0 Å². The van der Waals surface area contributed by atoms with Crippen molar-refractivity contribution in [3.63, 3.8) is 0 Å². The predicted octanol–water partition coefficient (Wildman–Crippen LogP) is 3.73. The second-order valence-corrected chi connectivity index (χ2v) is 6.76. The number of rotatable bonds is 4. The number of hydrogen-bond acceptors (Lipinski definition) is 4. The van der Waals surface area contributed by atoms with E-state index in [4.69, 9.17) is 0 Å². The number of aromatic nitrogens is 2. The van der Waals surface area contributed by atoms with E-state index in [2.05, 4.69) is 36.3 Å². The average Bonchev–Trinajstić information content (AvgIpc) is 2.68. The van der Waals surface area contributed by atoms with Crippen LogP contribution in [0.25, 0.3) is 0 Å². The Bertz CT molecular complexity index is 340. The molecule has 0 radical (unpaired) electrons. The molecule has 2 rings (SSSR count). The molecule has 1 aliphatic rings. The highest BCUT2D eigenvalue weighted by Gasteiger charge is 2.19. The van der Waals surface area contributed by atoms with Gasteiger partial charge in [0.25, 0.3) is 0 Å². The Balaban J connectivity index is 1.84. The Morgan fingerprint density at radius 2 is 1.94 bits per heavy atom. The minimum absolute atomic E-state index is 0.617. The molecule has 1 fully saturated rings. The Hall–Kier alpha value is -0.640. The van der Waals surface area contributed by atoms with Crippen LogP contribution in [0.15, 0.2) is 0 Å². The van der Waals surface area contributed by atoms with Gasteiger partial charge >= 0.3 is 0 Å². The molecule has 0 aromatic carbocycles. The van der Waals surface area contributed by atoms with Gasteiger partial charge in [0.15, 0.2) is 0 Å². The Morgan fingerprint density at radius 1 is 1.24 bits per heavy atom. The second-order valence-electron chi connectivity index (χ2n) is 5.70. The molecule has 1 aromatic rings. The molecule has 4 heteroatoms. The molecule has 1 heterocycles. The molecule has 0 spiro atoms. The topological polar surface area (TPSA) is 37.8 Å². The fourth-order valence-electron chi connectivity index (χ4n) is 2.32. The molecule has 96 valence electrons. The summed E-state index contributed by atoms with van der Waals surface area (Å²) in [6.45, 7) is 6.79. The van der Waals surface area contributed by atoms with Crippen molar-refractivity contribution in [2.75, 3.05) is 5.32 Å². The lowest BCUT2D eigenvalue weighted by Crippen LogP contribution is -2.25. The van der Waals surface area contributed by atoms with Crippen LogP contribution < -0.4 is 5.32 Å². The zero-order valence-electron chi connectivity index (χ0n) is 11.1. The van der Waals surface area contributed by atoms with Gasteiger partial charge in [0.05, 0.1) is 0 Å². The first-order valence-electron chi connectivity index (χ1n) is 6.72. The fourth-order valence-corrected chi connectivity index (χ4v) is 3.35. The van der Waals surface area contributed by atoms with Crippen LogP contribution in [0.3, 0.4) is 0 Å². The number of anilines is 1. The summed E-state index contributed by atoms with van der Waals surface area (Å²) in [5, 5.41) is 14.2. The molecule has 1 aliphatic carbocycles. The van der Waals surface area contributed by atoms with E-state index in [1.165, 1.54) is 25.7 Å². The zero-order valence-corrected chi connectivity index (χ0v) is 11.9. The van der Waals surface area contributed by atoms with Gasteiger partial charge in [-0.2, -0.15) is 0 Å². The van der Waals surface area contributed by atoms with Crippen LogP contribution in [0.2, 0.25) is 0 Å². The van der Waals surface area contributed by atoms with Crippen molar-refractivity contribution in [3.8, 4) is 0 Å². The minimum Gasteiger partial charge on any atom is -0.357 e. The van der Waals surface area contributed by atoms with Crippen molar-refractivity contribution in [1.29, 1.82) is 0 Å². The lowest BCUT2D eigenvalue weighted by atomic mass is 9.87. The average molecular weight is 253 g/mol. The number of nitrogens with one attached hydrogen (secondary N) is 1. The maximum absolute atomic E-state index is 4.24. The highest BCUT2D eigenvalue weighted by Crippen LogP contribution is 2.27. The molecule has 1 N–H and O–H groups in total. The highest BCUT2D eigenvalue weighted by atomic mass is 32.1. The summed E-state index contributed by atoms with van der Waals surface area (Å²) in [7, 11) is 0. The van der Waals surface area contributed by atoms with E-state index in [0.717, 1.165) is 22.5 Å². The van der Waals surface area contributed by atoms with Crippen molar-refractivity contribution in [2.45, 2.75) is 58.9 Å². The maximum Gasteiger partial charge on any atom is 0.205 e. The van der Waals surface area contributed by atoms with Gasteiger partial charge < -0.3 is 5.32 Å². The van der Waals surface area contributed by atoms with Crippen LogP contribution in [-0.2, 0) is 6.42 Å². The van der Waals surface area contributed by atoms with Gasteiger partial charge in [0, 0.05) is 12.5 Å². The first-order valence-corrected chi connectivity index (χ1v) is 7.54.